The highest BCUT2D eigenvalue weighted by Crippen LogP contribution is 2.23. The maximum Gasteiger partial charge on any atom is 0.0235 e. The van der Waals surface area contributed by atoms with Crippen LogP contribution in [0.1, 0.15) is 36.5 Å². The Morgan fingerprint density at radius 1 is 1.28 bits per heavy atom. The van der Waals surface area contributed by atoms with E-state index >= 15 is 0 Å². The van der Waals surface area contributed by atoms with Gasteiger partial charge in [0, 0.05) is 32.2 Å². The molecule has 0 amide bonds. The number of hydrogen-bond acceptors (Lipinski definition) is 2. The second-order valence-corrected chi connectivity index (χ2v) is 5.75. The molecule has 1 aromatic carbocycles. The highest BCUT2D eigenvalue weighted by Gasteiger charge is 2.18. The second kappa shape index (κ2) is 5.41. The van der Waals surface area contributed by atoms with Crippen LogP contribution in [0, 0.1) is 0 Å². The molecule has 18 heavy (non-hydrogen) atoms. The third kappa shape index (κ3) is 2.60. The molecule has 0 bridgehead atoms. The summed E-state index contributed by atoms with van der Waals surface area (Å²) in [6.45, 7) is 6.94. The Kier molecular flexibility index (Phi) is 3.67. The van der Waals surface area contributed by atoms with Crippen LogP contribution in [0.4, 0.5) is 0 Å². The van der Waals surface area contributed by atoms with Crippen molar-refractivity contribution in [2.75, 3.05) is 19.6 Å². The van der Waals surface area contributed by atoms with Crippen molar-refractivity contribution in [2.24, 2.45) is 0 Å². The van der Waals surface area contributed by atoms with Crippen LogP contribution in [0.5, 0.6) is 0 Å². The van der Waals surface area contributed by atoms with E-state index in [1.165, 1.54) is 44.3 Å². The Balaban J connectivity index is 1.65. The summed E-state index contributed by atoms with van der Waals surface area (Å²) >= 11 is 0. The average molecular weight is 244 g/mol. The van der Waals surface area contributed by atoms with Gasteiger partial charge in [-0.15, -0.1) is 0 Å². The van der Waals surface area contributed by atoms with Gasteiger partial charge in [0.15, 0.2) is 0 Å². The van der Waals surface area contributed by atoms with Gasteiger partial charge in [-0.25, -0.2) is 0 Å². The highest BCUT2D eigenvalue weighted by molar-refractivity contribution is 5.35. The quantitative estimate of drug-likeness (QED) is 0.878. The zero-order valence-electron chi connectivity index (χ0n) is 11.4. The Morgan fingerprint density at radius 2 is 2.17 bits per heavy atom. The first-order chi connectivity index (χ1) is 8.85. The molecular formula is C16H24N2. The molecule has 1 saturated heterocycles. The lowest BCUT2D eigenvalue weighted by Crippen LogP contribution is -2.49. The molecule has 0 radical (unpaired) electrons. The van der Waals surface area contributed by atoms with Crippen molar-refractivity contribution in [1.29, 1.82) is 0 Å². The number of fused-ring (bicyclic) bond motifs is 1. The molecule has 2 heteroatoms. The molecule has 2 aliphatic rings. The van der Waals surface area contributed by atoms with Crippen molar-refractivity contribution in [1.82, 2.24) is 10.2 Å². The van der Waals surface area contributed by atoms with Crippen molar-refractivity contribution in [3.05, 3.63) is 34.9 Å². The third-order valence-electron chi connectivity index (χ3n) is 4.40. The Hall–Kier alpha value is -0.860. The van der Waals surface area contributed by atoms with E-state index in [1.54, 1.807) is 11.1 Å². The van der Waals surface area contributed by atoms with Crippen LogP contribution in [-0.2, 0) is 19.4 Å². The maximum atomic E-state index is 3.58. The van der Waals surface area contributed by atoms with E-state index in [1.807, 2.05) is 0 Å². The van der Waals surface area contributed by atoms with Gasteiger partial charge in [0.25, 0.3) is 0 Å². The second-order valence-electron chi connectivity index (χ2n) is 5.75. The minimum absolute atomic E-state index is 0.688. The summed E-state index contributed by atoms with van der Waals surface area (Å²) in [5.41, 5.74) is 4.70. The van der Waals surface area contributed by atoms with Gasteiger partial charge in [-0.05, 0) is 42.4 Å². The van der Waals surface area contributed by atoms with E-state index in [0.717, 1.165) is 13.1 Å². The van der Waals surface area contributed by atoms with Gasteiger partial charge in [-0.2, -0.15) is 0 Å². The zero-order valence-corrected chi connectivity index (χ0v) is 11.4. The van der Waals surface area contributed by atoms with Crippen LogP contribution in [-0.4, -0.2) is 30.6 Å². The number of nitrogens with zero attached hydrogens (tertiary/aromatic N) is 1. The summed E-state index contributed by atoms with van der Waals surface area (Å²) < 4.78 is 0. The summed E-state index contributed by atoms with van der Waals surface area (Å²) in [5, 5.41) is 3.58. The van der Waals surface area contributed by atoms with Crippen LogP contribution < -0.4 is 5.32 Å². The molecule has 1 aliphatic carbocycles. The minimum atomic E-state index is 0.688. The SMILES string of the molecule is CCC1CN(Cc2ccc3c(c2)CCC3)CCN1. The van der Waals surface area contributed by atoms with Crippen molar-refractivity contribution >= 4 is 0 Å². The smallest absolute Gasteiger partial charge is 0.0235 e. The third-order valence-corrected chi connectivity index (χ3v) is 4.40. The van der Waals surface area contributed by atoms with Gasteiger partial charge < -0.3 is 5.32 Å². The number of nitrogens with one attached hydrogen (secondary N) is 1. The van der Waals surface area contributed by atoms with Crippen LogP contribution in [0.15, 0.2) is 18.2 Å². The Bertz CT molecular complexity index is 414. The van der Waals surface area contributed by atoms with Crippen LogP contribution >= 0.6 is 0 Å². The fourth-order valence-corrected chi connectivity index (χ4v) is 3.29. The van der Waals surface area contributed by atoms with E-state index in [9.17, 15) is 0 Å². The Morgan fingerprint density at radius 3 is 3.06 bits per heavy atom. The van der Waals surface area contributed by atoms with E-state index in [-0.39, 0.29) is 0 Å². The minimum Gasteiger partial charge on any atom is -0.311 e. The molecule has 0 aromatic heterocycles. The van der Waals surface area contributed by atoms with Gasteiger partial charge in [0.05, 0.1) is 0 Å². The van der Waals surface area contributed by atoms with Crippen LogP contribution in [0.25, 0.3) is 0 Å². The average Bonchev–Trinajstić information content (AvgIpc) is 2.86. The molecule has 1 aliphatic heterocycles. The van der Waals surface area contributed by atoms with Gasteiger partial charge in [0.1, 0.15) is 0 Å². The van der Waals surface area contributed by atoms with E-state index < -0.39 is 0 Å². The molecule has 98 valence electrons. The predicted molar refractivity (Wildman–Crippen MR) is 75.8 cm³/mol. The fraction of sp³-hybridized carbons (Fsp3) is 0.625. The first-order valence-corrected chi connectivity index (χ1v) is 7.41. The normalized spacial score (nSPS) is 24.2. The fourth-order valence-electron chi connectivity index (χ4n) is 3.29. The monoisotopic (exact) mass is 244 g/mol. The van der Waals surface area contributed by atoms with Crippen LogP contribution in [0.2, 0.25) is 0 Å². The molecular weight excluding hydrogens is 220 g/mol. The lowest BCUT2D eigenvalue weighted by Gasteiger charge is -2.33. The van der Waals surface area contributed by atoms with Gasteiger partial charge >= 0.3 is 0 Å². The number of aryl methyl sites for hydroxylation is 2. The van der Waals surface area contributed by atoms with Gasteiger partial charge in [-0.3, -0.25) is 4.90 Å². The molecule has 1 fully saturated rings. The molecule has 3 rings (SSSR count). The molecule has 1 N–H and O–H groups in total. The van der Waals surface area contributed by atoms with Crippen molar-refractivity contribution in [2.45, 2.75) is 45.2 Å². The molecule has 0 spiro atoms. The molecule has 2 nitrogen and oxygen atoms in total. The largest absolute Gasteiger partial charge is 0.311 e. The molecule has 0 saturated carbocycles. The Labute approximate surface area is 110 Å². The van der Waals surface area contributed by atoms with Crippen molar-refractivity contribution in [3.8, 4) is 0 Å². The number of piperazine rings is 1. The van der Waals surface area contributed by atoms with E-state index in [2.05, 4.69) is 35.3 Å². The lowest BCUT2D eigenvalue weighted by molar-refractivity contribution is 0.190. The van der Waals surface area contributed by atoms with Crippen molar-refractivity contribution in [3.63, 3.8) is 0 Å². The van der Waals surface area contributed by atoms with Crippen molar-refractivity contribution < 1.29 is 0 Å². The number of benzene rings is 1. The summed E-state index contributed by atoms with van der Waals surface area (Å²) in [7, 11) is 0. The number of hydrogen-bond donors (Lipinski definition) is 1. The summed E-state index contributed by atoms with van der Waals surface area (Å²) in [5.74, 6) is 0. The van der Waals surface area contributed by atoms with E-state index in [0.29, 0.717) is 6.04 Å². The molecule has 1 aromatic rings. The lowest BCUT2D eigenvalue weighted by atomic mass is 10.1. The zero-order chi connectivity index (χ0) is 12.4. The first kappa shape index (κ1) is 12.2. The first-order valence-electron chi connectivity index (χ1n) is 7.41. The highest BCUT2D eigenvalue weighted by atomic mass is 15.2. The van der Waals surface area contributed by atoms with E-state index in [4.69, 9.17) is 0 Å². The summed E-state index contributed by atoms with van der Waals surface area (Å²) in [6.07, 6.45) is 5.18. The molecule has 1 atom stereocenters. The summed E-state index contributed by atoms with van der Waals surface area (Å²) in [4.78, 5) is 2.60. The summed E-state index contributed by atoms with van der Waals surface area (Å²) in [6, 6.07) is 7.84. The van der Waals surface area contributed by atoms with Gasteiger partial charge in [0.2, 0.25) is 0 Å². The topological polar surface area (TPSA) is 15.3 Å². The standard InChI is InChI=1S/C16H24N2/c1-2-16-12-18(9-8-17-16)11-13-6-7-14-4-3-5-15(14)10-13/h6-7,10,16-17H,2-5,8-9,11-12H2,1H3. The predicted octanol–water partition coefficient (Wildman–Crippen LogP) is 2.36. The molecule has 1 heterocycles. The maximum absolute atomic E-state index is 3.58. The van der Waals surface area contributed by atoms with Crippen LogP contribution in [0.3, 0.4) is 0 Å². The van der Waals surface area contributed by atoms with Gasteiger partial charge in [-0.1, -0.05) is 25.1 Å². The molecule has 1 unspecified atom stereocenters. The number of rotatable bonds is 3.